The molecule has 0 bridgehead atoms. The van der Waals surface area contributed by atoms with E-state index in [1.54, 1.807) is 19.9 Å². The zero-order valence-corrected chi connectivity index (χ0v) is 18.3. The highest BCUT2D eigenvalue weighted by atomic mass is 32.2. The Hall–Kier alpha value is -2.13. The molecule has 9 heteroatoms. The van der Waals surface area contributed by atoms with Gasteiger partial charge in [0.15, 0.2) is 6.10 Å². The molecule has 8 nitrogen and oxygen atoms in total. The standard InChI is InChI=1S/C21H29N3O5S/c1-14-12-17-18(29-15(2)20(25)22-17)13-19(14)30(27,28)24-10-6-16(7-11-24)21(26)23-8-4-3-5-9-23/h12-13,15-16H,3-11H2,1-2H3,(H,22,25). The number of hydrogen-bond acceptors (Lipinski definition) is 5. The summed E-state index contributed by atoms with van der Waals surface area (Å²) in [6, 6.07) is 3.14. The van der Waals surface area contributed by atoms with Crippen molar-refractivity contribution >= 4 is 27.5 Å². The highest BCUT2D eigenvalue weighted by molar-refractivity contribution is 7.89. The van der Waals surface area contributed by atoms with Crippen LogP contribution in [0.25, 0.3) is 0 Å². The summed E-state index contributed by atoms with van der Waals surface area (Å²) in [5, 5.41) is 2.74. The van der Waals surface area contributed by atoms with E-state index in [4.69, 9.17) is 4.74 Å². The third-order valence-corrected chi connectivity index (χ3v) is 8.34. The van der Waals surface area contributed by atoms with Crippen LogP contribution in [0.5, 0.6) is 5.75 Å². The van der Waals surface area contributed by atoms with Crippen molar-refractivity contribution in [3.8, 4) is 5.75 Å². The Morgan fingerprint density at radius 3 is 2.43 bits per heavy atom. The highest BCUT2D eigenvalue weighted by Gasteiger charge is 2.36. The second-order valence-electron chi connectivity index (χ2n) is 8.43. The summed E-state index contributed by atoms with van der Waals surface area (Å²) >= 11 is 0. The molecule has 2 fully saturated rings. The summed E-state index contributed by atoms with van der Waals surface area (Å²) in [5.74, 6) is 0.188. The van der Waals surface area contributed by atoms with E-state index in [1.807, 2.05) is 4.90 Å². The van der Waals surface area contributed by atoms with E-state index in [9.17, 15) is 18.0 Å². The second-order valence-corrected chi connectivity index (χ2v) is 10.3. The van der Waals surface area contributed by atoms with E-state index in [2.05, 4.69) is 5.32 Å². The Bertz CT molecular complexity index is 948. The number of aryl methyl sites for hydroxylation is 1. The molecule has 0 aromatic heterocycles. The summed E-state index contributed by atoms with van der Waals surface area (Å²) in [6.07, 6.45) is 3.69. The van der Waals surface area contributed by atoms with E-state index in [0.717, 1.165) is 25.9 Å². The third-order valence-electron chi connectivity index (χ3n) is 6.30. The van der Waals surface area contributed by atoms with Crippen molar-refractivity contribution in [1.29, 1.82) is 0 Å². The van der Waals surface area contributed by atoms with Gasteiger partial charge in [-0.3, -0.25) is 9.59 Å². The van der Waals surface area contributed by atoms with Gasteiger partial charge < -0.3 is 15.0 Å². The number of fused-ring (bicyclic) bond motifs is 1. The van der Waals surface area contributed by atoms with Gasteiger partial charge in [0.2, 0.25) is 15.9 Å². The summed E-state index contributed by atoms with van der Waals surface area (Å²) in [4.78, 5) is 26.7. The third kappa shape index (κ3) is 3.92. The predicted octanol–water partition coefficient (Wildman–Crippen LogP) is 2.13. The fraction of sp³-hybridized carbons (Fsp3) is 0.619. The number of rotatable bonds is 3. The van der Waals surface area contributed by atoms with Crippen molar-refractivity contribution in [1.82, 2.24) is 9.21 Å². The first-order chi connectivity index (χ1) is 14.3. The van der Waals surface area contributed by atoms with Crippen molar-refractivity contribution < 1.29 is 22.7 Å². The fourth-order valence-corrected chi connectivity index (χ4v) is 6.17. The van der Waals surface area contributed by atoms with Gasteiger partial charge in [0.25, 0.3) is 5.91 Å². The molecule has 1 atom stereocenters. The minimum atomic E-state index is -3.72. The van der Waals surface area contributed by atoms with Crippen LogP contribution in [0.15, 0.2) is 17.0 Å². The summed E-state index contributed by atoms with van der Waals surface area (Å²) < 4.78 is 33.7. The minimum Gasteiger partial charge on any atom is -0.479 e. The highest BCUT2D eigenvalue weighted by Crippen LogP contribution is 2.36. The molecule has 3 heterocycles. The summed E-state index contributed by atoms with van der Waals surface area (Å²) in [5.41, 5.74) is 1.04. The summed E-state index contributed by atoms with van der Waals surface area (Å²) in [7, 11) is -3.72. The quantitative estimate of drug-likeness (QED) is 0.785. The molecule has 3 aliphatic rings. The van der Waals surface area contributed by atoms with Gasteiger partial charge in [0.1, 0.15) is 5.75 Å². The van der Waals surface area contributed by atoms with Crippen molar-refractivity contribution in [2.75, 3.05) is 31.5 Å². The lowest BCUT2D eigenvalue weighted by Gasteiger charge is -2.35. The molecule has 0 saturated carbocycles. The van der Waals surface area contributed by atoms with Crippen LogP contribution in [-0.4, -0.2) is 61.7 Å². The number of piperidine rings is 2. The molecule has 0 spiro atoms. The molecule has 164 valence electrons. The lowest BCUT2D eigenvalue weighted by molar-refractivity contribution is -0.137. The van der Waals surface area contributed by atoms with Crippen molar-refractivity contribution in [3.05, 3.63) is 17.7 Å². The maximum Gasteiger partial charge on any atom is 0.265 e. The molecule has 1 N–H and O–H groups in total. The van der Waals surface area contributed by atoms with E-state index in [1.165, 1.54) is 16.8 Å². The maximum absolute atomic E-state index is 13.3. The number of amides is 2. The number of benzene rings is 1. The van der Waals surface area contributed by atoms with Gasteiger partial charge in [-0.05, 0) is 57.6 Å². The number of nitrogens with zero attached hydrogens (tertiary/aromatic N) is 2. The number of carbonyl (C=O) groups is 2. The van der Waals surface area contributed by atoms with Crippen molar-refractivity contribution in [3.63, 3.8) is 0 Å². The molecule has 3 aliphatic heterocycles. The minimum absolute atomic E-state index is 0.0985. The first kappa shape index (κ1) is 21.1. The van der Waals surface area contributed by atoms with Gasteiger partial charge in [-0.1, -0.05) is 0 Å². The molecule has 1 unspecified atom stereocenters. The van der Waals surface area contributed by atoms with E-state index >= 15 is 0 Å². The maximum atomic E-state index is 13.3. The number of anilines is 1. The number of carbonyl (C=O) groups excluding carboxylic acids is 2. The summed E-state index contributed by atoms with van der Waals surface area (Å²) in [6.45, 7) is 5.63. The van der Waals surface area contributed by atoms with Gasteiger partial charge in [-0.15, -0.1) is 0 Å². The van der Waals surface area contributed by atoms with E-state index < -0.39 is 16.1 Å². The molecular formula is C21H29N3O5S. The zero-order chi connectivity index (χ0) is 21.5. The number of ether oxygens (including phenoxy) is 1. The van der Waals surface area contributed by atoms with Crippen LogP contribution in [0.4, 0.5) is 5.69 Å². The average Bonchev–Trinajstić information content (AvgIpc) is 2.74. The van der Waals surface area contributed by atoms with Crippen LogP contribution in [0.3, 0.4) is 0 Å². The normalized spacial score (nSPS) is 23.5. The van der Waals surface area contributed by atoms with Crippen LogP contribution in [0, 0.1) is 12.8 Å². The van der Waals surface area contributed by atoms with Crippen LogP contribution >= 0.6 is 0 Å². The molecule has 2 amide bonds. The molecule has 2 saturated heterocycles. The Morgan fingerprint density at radius 2 is 1.77 bits per heavy atom. The predicted molar refractivity (Wildman–Crippen MR) is 112 cm³/mol. The van der Waals surface area contributed by atoms with Crippen molar-refractivity contribution in [2.45, 2.75) is 57.0 Å². The Balaban J connectivity index is 1.48. The van der Waals surface area contributed by atoms with Gasteiger partial charge in [-0.2, -0.15) is 4.31 Å². The largest absolute Gasteiger partial charge is 0.479 e. The van der Waals surface area contributed by atoms with Crippen LogP contribution in [0.2, 0.25) is 0 Å². The number of likely N-dealkylation sites (tertiary alicyclic amines) is 1. The van der Waals surface area contributed by atoms with Crippen LogP contribution in [-0.2, 0) is 19.6 Å². The first-order valence-electron chi connectivity index (χ1n) is 10.7. The molecule has 0 aliphatic carbocycles. The Morgan fingerprint density at radius 1 is 1.10 bits per heavy atom. The Labute approximate surface area is 177 Å². The lowest BCUT2D eigenvalue weighted by atomic mass is 9.95. The number of nitrogens with one attached hydrogen (secondary N) is 1. The average molecular weight is 436 g/mol. The zero-order valence-electron chi connectivity index (χ0n) is 17.5. The second kappa shape index (κ2) is 8.19. The van der Waals surface area contributed by atoms with Crippen LogP contribution < -0.4 is 10.1 Å². The fourth-order valence-electron chi connectivity index (χ4n) is 4.48. The molecule has 0 radical (unpaired) electrons. The SMILES string of the molecule is Cc1cc2c(cc1S(=O)(=O)N1CCC(C(=O)N3CCCCC3)CC1)OC(C)C(=O)N2. The molecule has 4 rings (SSSR count). The van der Waals surface area contributed by atoms with E-state index in [0.29, 0.717) is 42.9 Å². The first-order valence-corrected chi connectivity index (χ1v) is 12.1. The smallest absolute Gasteiger partial charge is 0.265 e. The van der Waals surface area contributed by atoms with Crippen molar-refractivity contribution in [2.24, 2.45) is 5.92 Å². The van der Waals surface area contributed by atoms with Gasteiger partial charge in [0, 0.05) is 38.2 Å². The lowest BCUT2D eigenvalue weighted by Crippen LogP contribution is -2.45. The topological polar surface area (TPSA) is 96.0 Å². The molecule has 1 aromatic rings. The molecule has 1 aromatic carbocycles. The van der Waals surface area contributed by atoms with Gasteiger partial charge in [0.05, 0.1) is 10.6 Å². The van der Waals surface area contributed by atoms with Gasteiger partial charge >= 0.3 is 0 Å². The Kier molecular flexibility index (Phi) is 5.76. The molecule has 30 heavy (non-hydrogen) atoms. The van der Waals surface area contributed by atoms with E-state index in [-0.39, 0.29) is 22.6 Å². The van der Waals surface area contributed by atoms with Crippen LogP contribution in [0.1, 0.15) is 44.6 Å². The monoisotopic (exact) mass is 435 g/mol. The number of hydrogen-bond donors (Lipinski definition) is 1. The molecular weight excluding hydrogens is 406 g/mol. The van der Waals surface area contributed by atoms with Gasteiger partial charge in [-0.25, -0.2) is 8.42 Å². The number of sulfonamides is 1.